The average molecular weight is 265 g/mol. The summed E-state index contributed by atoms with van der Waals surface area (Å²) in [6.45, 7) is 6.32. The standard InChI is InChI=1S/C12H24N2O2.ClH/c1-10(2)16-9-8-14-12(15)6-5-11-4-3-7-13-11;/h10-11,13H,3-9H2,1-2H3,(H,14,15);1H. The van der Waals surface area contributed by atoms with Crippen LogP contribution in [0.15, 0.2) is 0 Å². The van der Waals surface area contributed by atoms with Crippen LogP contribution < -0.4 is 10.6 Å². The third-order valence-electron chi connectivity index (χ3n) is 2.76. The second-order valence-corrected chi connectivity index (χ2v) is 4.60. The third-order valence-corrected chi connectivity index (χ3v) is 2.76. The Balaban J connectivity index is 0.00000256. The van der Waals surface area contributed by atoms with E-state index < -0.39 is 0 Å². The van der Waals surface area contributed by atoms with E-state index in [1.165, 1.54) is 12.8 Å². The van der Waals surface area contributed by atoms with Crippen molar-refractivity contribution < 1.29 is 9.53 Å². The first-order valence-corrected chi connectivity index (χ1v) is 6.30. The van der Waals surface area contributed by atoms with Crippen LogP contribution in [0.1, 0.15) is 39.5 Å². The number of amides is 1. The molecule has 1 heterocycles. The number of hydrogen-bond donors (Lipinski definition) is 2. The second kappa shape index (κ2) is 9.68. The fourth-order valence-corrected chi connectivity index (χ4v) is 1.88. The molecule has 0 aromatic carbocycles. The molecule has 1 aliphatic heterocycles. The maximum absolute atomic E-state index is 11.4. The molecule has 1 saturated heterocycles. The molecule has 1 rings (SSSR count). The highest BCUT2D eigenvalue weighted by atomic mass is 35.5. The molecule has 0 aromatic rings. The van der Waals surface area contributed by atoms with Crippen LogP contribution in [-0.4, -0.2) is 37.7 Å². The maximum atomic E-state index is 11.4. The van der Waals surface area contributed by atoms with Gasteiger partial charge in [0, 0.05) is 19.0 Å². The van der Waals surface area contributed by atoms with E-state index in [1.54, 1.807) is 0 Å². The predicted molar refractivity (Wildman–Crippen MR) is 71.6 cm³/mol. The Morgan fingerprint density at radius 2 is 2.29 bits per heavy atom. The Hall–Kier alpha value is -0.320. The first-order chi connectivity index (χ1) is 7.68. The van der Waals surface area contributed by atoms with Crippen molar-refractivity contribution >= 4 is 18.3 Å². The van der Waals surface area contributed by atoms with Gasteiger partial charge in [-0.05, 0) is 39.7 Å². The van der Waals surface area contributed by atoms with Gasteiger partial charge in [0.15, 0.2) is 0 Å². The van der Waals surface area contributed by atoms with E-state index >= 15 is 0 Å². The molecule has 1 unspecified atom stereocenters. The zero-order chi connectivity index (χ0) is 11.8. The molecular formula is C12H25ClN2O2. The van der Waals surface area contributed by atoms with Gasteiger partial charge in [-0.25, -0.2) is 0 Å². The van der Waals surface area contributed by atoms with Crippen LogP contribution in [0.3, 0.4) is 0 Å². The molecule has 0 spiro atoms. The minimum absolute atomic E-state index is 0. The van der Waals surface area contributed by atoms with Crippen LogP contribution in [0.2, 0.25) is 0 Å². The fraction of sp³-hybridized carbons (Fsp3) is 0.917. The molecule has 102 valence electrons. The molecule has 1 atom stereocenters. The summed E-state index contributed by atoms with van der Waals surface area (Å²) in [4.78, 5) is 11.4. The second-order valence-electron chi connectivity index (χ2n) is 4.60. The van der Waals surface area contributed by atoms with Crippen molar-refractivity contribution in [1.29, 1.82) is 0 Å². The van der Waals surface area contributed by atoms with E-state index in [-0.39, 0.29) is 24.4 Å². The van der Waals surface area contributed by atoms with Gasteiger partial charge in [-0.1, -0.05) is 0 Å². The van der Waals surface area contributed by atoms with E-state index in [9.17, 15) is 4.79 Å². The Kier molecular flexibility index (Phi) is 9.50. The summed E-state index contributed by atoms with van der Waals surface area (Å²) in [6.07, 6.45) is 4.27. The molecule has 0 aromatic heterocycles. The van der Waals surface area contributed by atoms with Gasteiger partial charge in [0.05, 0.1) is 12.7 Å². The van der Waals surface area contributed by atoms with Crippen molar-refractivity contribution in [2.24, 2.45) is 0 Å². The van der Waals surface area contributed by atoms with Crippen LogP contribution in [0.25, 0.3) is 0 Å². The number of ether oxygens (including phenoxy) is 1. The summed E-state index contributed by atoms with van der Waals surface area (Å²) in [7, 11) is 0. The largest absolute Gasteiger partial charge is 0.377 e. The minimum Gasteiger partial charge on any atom is -0.377 e. The van der Waals surface area contributed by atoms with E-state index in [0.29, 0.717) is 25.6 Å². The van der Waals surface area contributed by atoms with Crippen molar-refractivity contribution in [3.05, 3.63) is 0 Å². The fourth-order valence-electron chi connectivity index (χ4n) is 1.88. The van der Waals surface area contributed by atoms with Gasteiger partial charge in [0.25, 0.3) is 0 Å². The smallest absolute Gasteiger partial charge is 0.220 e. The van der Waals surface area contributed by atoms with Crippen LogP contribution in [0, 0.1) is 0 Å². The molecule has 0 radical (unpaired) electrons. The monoisotopic (exact) mass is 264 g/mol. The van der Waals surface area contributed by atoms with Crippen LogP contribution in [-0.2, 0) is 9.53 Å². The number of rotatable bonds is 7. The summed E-state index contributed by atoms with van der Waals surface area (Å²) >= 11 is 0. The third kappa shape index (κ3) is 8.41. The molecule has 4 nitrogen and oxygen atoms in total. The Morgan fingerprint density at radius 3 is 2.88 bits per heavy atom. The summed E-state index contributed by atoms with van der Waals surface area (Å²) < 4.78 is 5.34. The summed E-state index contributed by atoms with van der Waals surface area (Å²) in [5.74, 6) is 0.140. The van der Waals surface area contributed by atoms with Gasteiger partial charge in [-0.2, -0.15) is 0 Å². The summed E-state index contributed by atoms with van der Waals surface area (Å²) in [5.41, 5.74) is 0. The predicted octanol–water partition coefficient (Wildman–Crippen LogP) is 1.48. The Bertz CT molecular complexity index is 207. The average Bonchev–Trinajstić information content (AvgIpc) is 2.74. The maximum Gasteiger partial charge on any atom is 0.220 e. The van der Waals surface area contributed by atoms with Crippen LogP contribution >= 0.6 is 12.4 Å². The van der Waals surface area contributed by atoms with Gasteiger partial charge < -0.3 is 15.4 Å². The highest BCUT2D eigenvalue weighted by Gasteiger charge is 2.14. The number of halogens is 1. The normalized spacial score (nSPS) is 19.1. The Labute approximate surface area is 110 Å². The number of hydrogen-bond acceptors (Lipinski definition) is 3. The van der Waals surface area contributed by atoms with Gasteiger partial charge in [0.2, 0.25) is 5.91 Å². The SMILES string of the molecule is CC(C)OCCNC(=O)CCC1CCCN1.Cl. The molecule has 1 aliphatic rings. The number of carbonyl (C=O) groups is 1. The van der Waals surface area contributed by atoms with Gasteiger partial charge in [-0.15, -0.1) is 12.4 Å². The molecule has 2 N–H and O–H groups in total. The van der Waals surface area contributed by atoms with Gasteiger partial charge in [0.1, 0.15) is 0 Å². The number of nitrogens with one attached hydrogen (secondary N) is 2. The van der Waals surface area contributed by atoms with E-state index in [0.717, 1.165) is 13.0 Å². The van der Waals surface area contributed by atoms with E-state index in [2.05, 4.69) is 10.6 Å². The highest BCUT2D eigenvalue weighted by molar-refractivity contribution is 5.85. The van der Waals surface area contributed by atoms with Crippen molar-refractivity contribution in [3.8, 4) is 0 Å². The molecule has 0 bridgehead atoms. The molecule has 1 fully saturated rings. The molecule has 0 saturated carbocycles. The summed E-state index contributed by atoms with van der Waals surface area (Å²) in [5, 5.41) is 6.26. The first kappa shape index (κ1) is 16.7. The lowest BCUT2D eigenvalue weighted by Gasteiger charge is -2.11. The molecule has 1 amide bonds. The molecule has 17 heavy (non-hydrogen) atoms. The lowest BCUT2D eigenvalue weighted by atomic mass is 10.1. The van der Waals surface area contributed by atoms with Crippen molar-refractivity contribution in [1.82, 2.24) is 10.6 Å². The van der Waals surface area contributed by atoms with Crippen molar-refractivity contribution in [2.45, 2.75) is 51.7 Å². The molecular weight excluding hydrogens is 240 g/mol. The van der Waals surface area contributed by atoms with Crippen molar-refractivity contribution in [3.63, 3.8) is 0 Å². The van der Waals surface area contributed by atoms with Crippen molar-refractivity contribution in [2.75, 3.05) is 19.7 Å². The van der Waals surface area contributed by atoms with Gasteiger partial charge >= 0.3 is 0 Å². The quantitative estimate of drug-likeness (QED) is 0.685. The topological polar surface area (TPSA) is 50.4 Å². The lowest BCUT2D eigenvalue weighted by Crippen LogP contribution is -2.30. The number of carbonyl (C=O) groups excluding carboxylic acids is 1. The van der Waals surface area contributed by atoms with E-state index in [1.807, 2.05) is 13.8 Å². The minimum atomic E-state index is 0. The van der Waals surface area contributed by atoms with Crippen LogP contribution in [0.4, 0.5) is 0 Å². The van der Waals surface area contributed by atoms with Crippen LogP contribution in [0.5, 0.6) is 0 Å². The zero-order valence-electron chi connectivity index (χ0n) is 10.8. The molecule has 5 heteroatoms. The first-order valence-electron chi connectivity index (χ1n) is 6.30. The van der Waals surface area contributed by atoms with Gasteiger partial charge in [-0.3, -0.25) is 4.79 Å². The Morgan fingerprint density at radius 1 is 1.53 bits per heavy atom. The van der Waals surface area contributed by atoms with E-state index in [4.69, 9.17) is 4.74 Å². The lowest BCUT2D eigenvalue weighted by molar-refractivity contribution is -0.121. The molecule has 0 aliphatic carbocycles. The summed E-state index contributed by atoms with van der Waals surface area (Å²) in [6, 6.07) is 0.553. The highest BCUT2D eigenvalue weighted by Crippen LogP contribution is 2.10. The zero-order valence-corrected chi connectivity index (χ0v) is 11.6.